The predicted octanol–water partition coefficient (Wildman–Crippen LogP) is 17.6. The second-order valence-electron chi connectivity index (χ2n) is 35.0. The fourth-order valence-corrected chi connectivity index (χ4v) is 23.5. The number of benzene rings is 4. The smallest absolute Gasteiger partial charge is 0.373 e. The fraction of sp³-hybridized carbons (Fsp3) is 0.421. The van der Waals surface area contributed by atoms with Crippen LogP contribution in [0.25, 0.3) is 44.1 Å². The van der Waals surface area contributed by atoms with E-state index in [0.29, 0.717) is 192 Å². The number of nitrogens with one attached hydrogen (secondary N) is 4. The van der Waals surface area contributed by atoms with Gasteiger partial charge in [-0.1, -0.05) is 78.3 Å². The highest BCUT2D eigenvalue weighted by atomic mass is 35.5. The maximum absolute atomic E-state index is 14.7. The van der Waals surface area contributed by atoms with E-state index in [9.17, 15) is 75.7 Å². The normalized spacial score (nSPS) is 20.8. The second-order valence-corrected chi connectivity index (χ2v) is 43.7. The van der Waals surface area contributed by atoms with Crippen molar-refractivity contribution in [3.8, 4) is 0 Å². The SMILES string of the molecule is C=S1(=O)CCC(c2cc3c(N[C@H](C)c4cccc(C(F)(F)F)c4C)ncnc3n(C)c2=O)CC1.C=S1(=O)CCC(c2cc3c(N[C@H](C)c4cccc(C(F)F)c4C)ncnc3n(C)c2=O)CC1.C=S1(=O)CCC(c2cc3c(N[C@H](C)c4cccc(C(F)F)c4Cl)ncnc3n(C)c2=O)CC1.COC1(c2cc3c(N[C@H](C)c4cccc(C(F)F)c4F)ncnc3n(C)c2=O)CCN(C)CC1. The van der Waals surface area contributed by atoms with Gasteiger partial charge in [0.25, 0.3) is 41.5 Å². The molecule has 4 aromatic carbocycles. The molecular weight excluding hydrogens is 1830 g/mol. The first kappa shape index (κ1) is 100. The summed E-state index contributed by atoms with van der Waals surface area (Å²) in [6, 6.07) is 22.8. The van der Waals surface area contributed by atoms with E-state index in [1.807, 2.05) is 26.1 Å². The lowest BCUT2D eigenvalue weighted by atomic mass is 9.84. The van der Waals surface area contributed by atoms with Gasteiger partial charge in [-0.3, -0.25) is 50.1 Å². The van der Waals surface area contributed by atoms with Crippen LogP contribution >= 0.6 is 11.6 Å². The Morgan fingerprint density at radius 1 is 0.433 bits per heavy atom. The number of likely N-dealkylation sites (tertiary alicyclic amines) is 1. The Bertz CT molecular complexity index is 6830. The van der Waals surface area contributed by atoms with Gasteiger partial charge in [-0.2, -0.15) is 13.2 Å². The minimum atomic E-state index is -4.44. The van der Waals surface area contributed by atoms with Gasteiger partial charge in [-0.05, 0) is 222 Å². The minimum absolute atomic E-state index is 0.000118. The number of ether oxygens (including phenoxy) is 1. The molecular formula is C95H108ClF10N17O8S3. The maximum atomic E-state index is 14.7. The van der Waals surface area contributed by atoms with Crippen LogP contribution in [-0.2, 0) is 73.3 Å². The summed E-state index contributed by atoms with van der Waals surface area (Å²) < 4.78 is 183. The Morgan fingerprint density at radius 3 is 1.09 bits per heavy atom. The van der Waals surface area contributed by atoms with E-state index in [-0.39, 0.29) is 73.3 Å². The first-order valence-electron chi connectivity index (χ1n) is 43.6. The molecule has 16 rings (SSSR count). The Balaban J connectivity index is 0.000000152. The van der Waals surface area contributed by atoms with Crippen molar-refractivity contribution in [2.24, 2.45) is 28.2 Å². The molecule has 39 heteroatoms. The molecule has 4 fully saturated rings. The van der Waals surface area contributed by atoms with Crippen molar-refractivity contribution in [3.05, 3.63) is 253 Å². The molecule has 0 radical (unpaired) electrons. The Hall–Kier alpha value is -11.2. The van der Waals surface area contributed by atoms with Crippen LogP contribution in [0.15, 0.2) is 142 Å². The molecule has 0 spiro atoms. The van der Waals surface area contributed by atoms with Crippen LogP contribution < -0.4 is 43.5 Å². The van der Waals surface area contributed by atoms with E-state index >= 15 is 0 Å². The molecule has 4 atom stereocenters. The lowest BCUT2D eigenvalue weighted by Crippen LogP contribution is -2.45. The van der Waals surface area contributed by atoms with Gasteiger partial charge in [0.15, 0.2) is 0 Å². The monoisotopic (exact) mass is 1940 g/mol. The molecule has 0 bridgehead atoms. The number of aryl methyl sites for hydroxylation is 4. The quantitative estimate of drug-likeness (QED) is 0.0407. The minimum Gasteiger partial charge on any atom is -0.373 e. The molecule has 0 unspecified atom stereocenters. The van der Waals surface area contributed by atoms with Crippen molar-refractivity contribution in [3.63, 3.8) is 0 Å². The number of alkyl halides is 9. The molecule has 4 aliphatic heterocycles. The summed E-state index contributed by atoms with van der Waals surface area (Å²) in [6.45, 7) is 11.8. The number of halogens is 11. The number of anilines is 4. The van der Waals surface area contributed by atoms with E-state index in [0.717, 1.165) is 30.8 Å². The van der Waals surface area contributed by atoms with Crippen molar-refractivity contribution in [2.45, 2.75) is 166 Å². The first-order chi connectivity index (χ1) is 63.2. The number of hydrogen-bond acceptors (Lipinski definition) is 21. The standard InChI is InChI=1S/C24H28F3N5O2.C24H27F3N4O2S.C24H28F2N4O2S.C23H25ClF2N4O2S/c1-14(15-6-5-7-16(19(15)25)20(26)27)30-21-17-12-18(23(33)32(3)22(17)29-13-28-21)24(34-4)8-10-31(2)11-9-24;1-14-17(6-5-7-20(14)24(25,26)27)15(2)30-21-19-12-18(16-8-10-34(4,33)11-9-16)23(32)31(3)22(19)29-13-28-21;1-14-17(6-5-7-18(14)21(25)26)15(2)29-22-20-12-19(16-8-10-33(4,32)11-9-16)24(31)30(3)23(20)28-13-27-22;1-13(15-5-4-6-16(19(15)24)20(25)26)29-21-18-11-17(14-7-9-33(3,32)10-8-14)23(31)30(2)22(18)28-12-27-21/h5-7,12-14,20H,8-11H2,1-4H3,(H,28,29,30);5-7,12-13,15-16H,4,8-11H2,1-3H3,(H,28,29,30);5-7,12-13,15-16,21H,4,8-11H2,1-3H3,(H,27,28,29);4-6,11-14,20H,3,7-10H2,1-2H3,(H,27,28,29)/t14-;15-,16?,34?;15-,16?,33?;13-,14?,33?/m1111/s1. The summed E-state index contributed by atoms with van der Waals surface area (Å²) in [6.07, 6.45) is -2.11. The number of nitrogens with zero attached hydrogens (tertiary/aromatic N) is 13. The van der Waals surface area contributed by atoms with Crippen molar-refractivity contribution in [1.82, 2.24) is 63.0 Å². The van der Waals surface area contributed by atoms with Gasteiger partial charge in [-0.25, -0.2) is 70.6 Å². The molecule has 0 aliphatic carbocycles. The number of hydrogen-bond donors (Lipinski definition) is 4. The van der Waals surface area contributed by atoms with Crippen LogP contribution in [0.5, 0.6) is 0 Å². The van der Waals surface area contributed by atoms with Crippen molar-refractivity contribution in [1.29, 1.82) is 0 Å². The number of rotatable bonds is 20. The van der Waals surface area contributed by atoms with E-state index in [1.165, 1.54) is 80.8 Å². The van der Waals surface area contributed by atoms with Gasteiger partial charge in [0, 0.05) is 116 Å². The van der Waals surface area contributed by atoms with Crippen LogP contribution in [0.4, 0.5) is 67.2 Å². The summed E-state index contributed by atoms with van der Waals surface area (Å²) in [4.78, 5) is 89.2. The van der Waals surface area contributed by atoms with Crippen LogP contribution in [0.1, 0.15) is 218 Å². The molecule has 4 N–H and O–H groups in total. The predicted molar refractivity (Wildman–Crippen MR) is 514 cm³/mol. The van der Waals surface area contributed by atoms with Crippen molar-refractivity contribution in [2.75, 3.05) is 83.0 Å². The molecule has 0 saturated carbocycles. The Labute approximate surface area is 774 Å². The van der Waals surface area contributed by atoms with Gasteiger partial charge in [0.2, 0.25) is 0 Å². The lowest BCUT2D eigenvalue weighted by molar-refractivity contribution is -0.138. The Morgan fingerprint density at radius 2 is 0.731 bits per heavy atom. The number of methoxy groups -OCH3 is 1. The zero-order valence-corrected chi connectivity index (χ0v) is 79.4. The fourth-order valence-electron chi connectivity index (χ4n) is 18.3. The third kappa shape index (κ3) is 21.5. The molecule has 716 valence electrons. The highest BCUT2D eigenvalue weighted by Gasteiger charge is 2.40. The summed E-state index contributed by atoms with van der Waals surface area (Å²) >= 11 is 6.25. The van der Waals surface area contributed by atoms with Crippen LogP contribution in [0.3, 0.4) is 0 Å². The summed E-state index contributed by atoms with van der Waals surface area (Å²) in [7, 11) is 4.03. The second kappa shape index (κ2) is 40.8. The summed E-state index contributed by atoms with van der Waals surface area (Å²) in [5.74, 6) is 15.1. The highest BCUT2D eigenvalue weighted by Crippen LogP contribution is 2.43. The zero-order chi connectivity index (χ0) is 97.3. The first-order valence-corrected chi connectivity index (χ1v) is 50.2. The molecule has 4 saturated heterocycles. The van der Waals surface area contributed by atoms with E-state index in [2.05, 4.69) is 83.7 Å². The number of aromatic nitrogens is 12. The van der Waals surface area contributed by atoms with Crippen molar-refractivity contribution >= 4 is 125 Å². The molecule has 8 aromatic heterocycles. The summed E-state index contributed by atoms with van der Waals surface area (Å²) in [5.41, 5.74) is 3.82. The highest BCUT2D eigenvalue weighted by molar-refractivity contribution is 8.00. The number of fused-ring (bicyclic) bond motifs is 4. The topological polar surface area (TPSA) is 303 Å². The zero-order valence-electron chi connectivity index (χ0n) is 76.2. The lowest BCUT2D eigenvalue weighted by Gasteiger charge is -2.39. The van der Waals surface area contributed by atoms with E-state index < -0.39 is 94.7 Å². The van der Waals surface area contributed by atoms with E-state index in [1.54, 1.807) is 105 Å². The van der Waals surface area contributed by atoms with Crippen LogP contribution in [0.2, 0.25) is 5.02 Å². The molecule has 25 nitrogen and oxygen atoms in total. The molecule has 12 aromatic rings. The Kier molecular flexibility index (Phi) is 30.5. The van der Waals surface area contributed by atoms with Gasteiger partial charge in [0.1, 0.15) is 82.6 Å². The molecule has 134 heavy (non-hydrogen) atoms. The van der Waals surface area contributed by atoms with Crippen molar-refractivity contribution < 1.29 is 61.3 Å². The maximum Gasteiger partial charge on any atom is 0.416 e. The molecule has 12 heterocycles. The number of pyridine rings is 4. The average molecular weight is 1940 g/mol. The van der Waals surface area contributed by atoms with Gasteiger partial charge >= 0.3 is 6.18 Å². The van der Waals surface area contributed by atoms with Crippen LogP contribution in [0, 0.1) is 19.7 Å². The summed E-state index contributed by atoms with van der Waals surface area (Å²) in [5, 5.41) is 15.4. The van der Waals surface area contributed by atoms with Crippen LogP contribution in [-0.4, -0.2) is 155 Å². The van der Waals surface area contributed by atoms with Gasteiger partial charge < -0.3 is 30.9 Å². The van der Waals surface area contributed by atoms with Gasteiger partial charge in [0.05, 0.1) is 67.4 Å². The van der Waals surface area contributed by atoms with Gasteiger partial charge in [-0.15, -0.1) is 0 Å². The third-order valence-corrected chi connectivity index (χ3v) is 32.6. The van der Waals surface area contributed by atoms with E-state index in [4.69, 9.17) is 16.3 Å². The average Bonchev–Trinajstić information content (AvgIpc) is 0.737. The number of piperidine rings is 1. The third-order valence-electron chi connectivity index (χ3n) is 26.3. The molecule has 0 amide bonds. The largest absolute Gasteiger partial charge is 0.416 e. The molecule has 4 aliphatic rings.